The summed E-state index contributed by atoms with van der Waals surface area (Å²) >= 11 is 0. The maximum Gasteiger partial charge on any atom is 0.124 e. The molecular formula is C16H25NO2. The maximum absolute atomic E-state index is 9.36. The van der Waals surface area contributed by atoms with Crippen LogP contribution in [0, 0.1) is 5.92 Å². The van der Waals surface area contributed by atoms with Crippen molar-refractivity contribution in [3.05, 3.63) is 42.5 Å². The molecule has 3 nitrogen and oxygen atoms in total. The van der Waals surface area contributed by atoms with Crippen LogP contribution in [0.4, 0.5) is 0 Å². The van der Waals surface area contributed by atoms with Gasteiger partial charge in [0.25, 0.3) is 0 Å². The second kappa shape index (κ2) is 8.73. The summed E-state index contributed by atoms with van der Waals surface area (Å²) in [7, 11) is 0. The standard InChI is InChI=1S/C16H25NO2/c1-4-9-19-16-8-6-5-7-14(16)11-17-15(12-18)10-13(2)3/h4-8,13,15,17-18H,1,9-12H2,2-3H3. The Labute approximate surface area is 116 Å². The number of hydrogen-bond donors (Lipinski definition) is 2. The molecule has 0 aliphatic heterocycles. The van der Waals surface area contributed by atoms with E-state index in [1.807, 2.05) is 24.3 Å². The van der Waals surface area contributed by atoms with E-state index in [9.17, 15) is 5.11 Å². The second-order valence-corrected chi connectivity index (χ2v) is 5.10. The molecule has 1 rings (SSSR count). The van der Waals surface area contributed by atoms with E-state index >= 15 is 0 Å². The molecule has 1 atom stereocenters. The fraction of sp³-hybridized carbons (Fsp3) is 0.500. The van der Waals surface area contributed by atoms with Gasteiger partial charge in [-0.05, 0) is 18.4 Å². The molecule has 0 heterocycles. The van der Waals surface area contributed by atoms with Crippen LogP contribution in [-0.4, -0.2) is 24.4 Å². The van der Waals surface area contributed by atoms with Gasteiger partial charge in [-0.15, -0.1) is 0 Å². The molecule has 1 aromatic carbocycles. The van der Waals surface area contributed by atoms with Gasteiger partial charge in [0.1, 0.15) is 12.4 Å². The van der Waals surface area contributed by atoms with E-state index in [1.54, 1.807) is 6.08 Å². The number of rotatable bonds is 9. The molecule has 0 saturated carbocycles. The van der Waals surface area contributed by atoms with Crippen LogP contribution < -0.4 is 10.1 Å². The van der Waals surface area contributed by atoms with Crippen LogP contribution in [0.2, 0.25) is 0 Å². The van der Waals surface area contributed by atoms with Gasteiger partial charge in [-0.3, -0.25) is 0 Å². The first kappa shape index (κ1) is 15.7. The van der Waals surface area contributed by atoms with Gasteiger partial charge in [0.05, 0.1) is 6.61 Å². The Hall–Kier alpha value is -1.32. The number of para-hydroxylation sites is 1. The normalized spacial score (nSPS) is 12.4. The summed E-state index contributed by atoms with van der Waals surface area (Å²) in [5.41, 5.74) is 1.10. The summed E-state index contributed by atoms with van der Waals surface area (Å²) in [5, 5.41) is 12.7. The van der Waals surface area contributed by atoms with E-state index in [-0.39, 0.29) is 12.6 Å². The predicted octanol–water partition coefficient (Wildman–Crippen LogP) is 2.75. The molecule has 0 fully saturated rings. The van der Waals surface area contributed by atoms with Crippen LogP contribution in [0.25, 0.3) is 0 Å². The lowest BCUT2D eigenvalue weighted by Crippen LogP contribution is -2.33. The lowest BCUT2D eigenvalue weighted by Gasteiger charge is -2.19. The number of nitrogens with one attached hydrogen (secondary N) is 1. The zero-order chi connectivity index (χ0) is 14.1. The monoisotopic (exact) mass is 263 g/mol. The van der Waals surface area contributed by atoms with Gasteiger partial charge in [-0.2, -0.15) is 0 Å². The van der Waals surface area contributed by atoms with Crippen LogP contribution in [0.5, 0.6) is 5.75 Å². The number of ether oxygens (including phenoxy) is 1. The van der Waals surface area contributed by atoms with Gasteiger partial charge < -0.3 is 15.2 Å². The minimum Gasteiger partial charge on any atom is -0.489 e. The molecule has 0 amide bonds. The highest BCUT2D eigenvalue weighted by atomic mass is 16.5. The van der Waals surface area contributed by atoms with Crippen molar-refractivity contribution in [2.24, 2.45) is 5.92 Å². The summed E-state index contributed by atoms with van der Waals surface area (Å²) in [6, 6.07) is 8.08. The molecule has 0 aromatic heterocycles. The maximum atomic E-state index is 9.36. The minimum absolute atomic E-state index is 0.132. The molecule has 0 bridgehead atoms. The van der Waals surface area contributed by atoms with Gasteiger partial charge in [0, 0.05) is 18.2 Å². The quantitative estimate of drug-likeness (QED) is 0.673. The Morgan fingerprint density at radius 1 is 1.37 bits per heavy atom. The average Bonchev–Trinajstić information content (AvgIpc) is 2.41. The third-order valence-corrected chi connectivity index (χ3v) is 2.89. The molecule has 0 spiro atoms. The minimum atomic E-state index is 0.132. The Morgan fingerprint density at radius 3 is 2.74 bits per heavy atom. The zero-order valence-electron chi connectivity index (χ0n) is 11.9. The number of hydrogen-bond acceptors (Lipinski definition) is 3. The van der Waals surface area contributed by atoms with E-state index < -0.39 is 0 Å². The Bertz CT molecular complexity index is 377. The van der Waals surface area contributed by atoms with Crippen LogP contribution in [-0.2, 0) is 6.54 Å². The fourth-order valence-corrected chi connectivity index (χ4v) is 1.99. The van der Waals surface area contributed by atoms with Crippen LogP contribution in [0.3, 0.4) is 0 Å². The van der Waals surface area contributed by atoms with Crippen LogP contribution >= 0.6 is 0 Å². The van der Waals surface area contributed by atoms with E-state index in [1.165, 1.54) is 0 Å². The van der Waals surface area contributed by atoms with Crippen molar-refractivity contribution in [2.75, 3.05) is 13.2 Å². The zero-order valence-corrected chi connectivity index (χ0v) is 11.9. The van der Waals surface area contributed by atoms with E-state index in [0.29, 0.717) is 19.1 Å². The van der Waals surface area contributed by atoms with Gasteiger partial charge in [0.15, 0.2) is 0 Å². The summed E-state index contributed by atoms with van der Waals surface area (Å²) in [5.74, 6) is 1.44. The van der Waals surface area contributed by atoms with Crippen molar-refractivity contribution in [3.8, 4) is 5.75 Å². The van der Waals surface area contributed by atoms with Gasteiger partial charge >= 0.3 is 0 Å². The van der Waals surface area contributed by atoms with Crippen molar-refractivity contribution in [1.29, 1.82) is 0 Å². The van der Waals surface area contributed by atoms with Crippen LogP contribution in [0.1, 0.15) is 25.8 Å². The summed E-state index contributed by atoms with van der Waals surface area (Å²) in [4.78, 5) is 0. The van der Waals surface area contributed by atoms with Gasteiger partial charge in [-0.25, -0.2) is 0 Å². The summed E-state index contributed by atoms with van der Waals surface area (Å²) in [6.07, 6.45) is 2.70. The van der Waals surface area contributed by atoms with Crippen LogP contribution in [0.15, 0.2) is 36.9 Å². The molecule has 106 valence electrons. The molecule has 0 aliphatic carbocycles. The molecule has 3 heteroatoms. The topological polar surface area (TPSA) is 41.5 Å². The second-order valence-electron chi connectivity index (χ2n) is 5.10. The Kier molecular flexibility index (Phi) is 7.23. The molecular weight excluding hydrogens is 238 g/mol. The molecule has 1 unspecified atom stereocenters. The third kappa shape index (κ3) is 5.90. The number of aliphatic hydroxyl groups is 1. The Balaban J connectivity index is 2.57. The Morgan fingerprint density at radius 2 is 2.11 bits per heavy atom. The largest absolute Gasteiger partial charge is 0.489 e. The molecule has 1 aromatic rings. The number of aliphatic hydroxyl groups excluding tert-OH is 1. The third-order valence-electron chi connectivity index (χ3n) is 2.89. The molecule has 19 heavy (non-hydrogen) atoms. The molecule has 0 aliphatic rings. The van der Waals surface area contributed by atoms with E-state index in [2.05, 4.69) is 25.7 Å². The SMILES string of the molecule is C=CCOc1ccccc1CNC(CO)CC(C)C. The van der Waals surface area contributed by atoms with Crippen molar-refractivity contribution in [2.45, 2.75) is 32.9 Å². The van der Waals surface area contributed by atoms with Crippen molar-refractivity contribution in [1.82, 2.24) is 5.32 Å². The lowest BCUT2D eigenvalue weighted by molar-refractivity contribution is 0.223. The summed E-state index contributed by atoms with van der Waals surface area (Å²) < 4.78 is 5.61. The first-order valence-electron chi connectivity index (χ1n) is 6.83. The molecule has 0 saturated heterocycles. The molecule has 2 N–H and O–H groups in total. The first-order chi connectivity index (χ1) is 9.17. The van der Waals surface area contributed by atoms with Crippen molar-refractivity contribution >= 4 is 0 Å². The fourth-order valence-electron chi connectivity index (χ4n) is 1.99. The van der Waals surface area contributed by atoms with Gasteiger partial charge in [-0.1, -0.05) is 44.7 Å². The van der Waals surface area contributed by atoms with E-state index in [4.69, 9.17) is 4.74 Å². The predicted molar refractivity (Wildman–Crippen MR) is 79.3 cm³/mol. The van der Waals surface area contributed by atoms with Crippen molar-refractivity contribution in [3.63, 3.8) is 0 Å². The number of benzene rings is 1. The highest BCUT2D eigenvalue weighted by Crippen LogP contribution is 2.18. The smallest absolute Gasteiger partial charge is 0.124 e. The van der Waals surface area contributed by atoms with Crippen molar-refractivity contribution < 1.29 is 9.84 Å². The molecule has 0 radical (unpaired) electrons. The lowest BCUT2D eigenvalue weighted by atomic mass is 10.0. The summed E-state index contributed by atoms with van der Waals surface area (Å²) in [6.45, 7) is 9.33. The van der Waals surface area contributed by atoms with E-state index in [0.717, 1.165) is 17.7 Å². The van der Waals surface area contributed by atoms with Gasteiger partial charge in [0.2, 0.25) is 0 Å². The highest BCUT2D eigenvalue weighted by Gasteiger charge is 2.10. The highest BCUT2D eigenvalue weighted by molar-refractivity contribution is 5.33. The average molecular weight is 263 g/mol. The first-order valence-corrected chi connectivity index (χ1v) is 6.83.